The first-order valence-electron chi connectivity index (χ1n) is 7.18. The first kappa shape index (κ1) is 19.5. The Morgan fingerprint density at radius 1 is 1.00 bits per heavy atom. The van der Waals surface area contributed by atoms with E-state index in [-0.39, 0.29) is 23.0 Å². The fourth-order valence-electron chi connectivity index (χ4n) is 2.09. The molecule has 0 spiro atoms. The molecule has 9 heteroatoms. The van der Waals surface area contributed by atoms with Crippen LogP contribution in [0.5, 0.6) is 28.7 Å². The highest BCUT2D eigenvalue weighted by atomic mass is 79.9. The van der Waals surface area contributed by atoms with Gasteiger partial charge < -0.3 is 36.3 Å². The number of phenols is 5. The van der Waals surface area contributed by atoms with Gasteiger partial charge in [-0.15, -0.1) is 0 Å². The number of phenolic OH excluding ortho intramolecular Hbond substituents is 5. The molecule has 2 rings (SSSR count). The van der Waals surface area contributed by atoms with Crippen LogP contribution in [0, 0.1) is 5.41 Å². The highest BCUT2D eigenvalue weighted by Crippen LogP contribution is 2.36. The number of hydrogen-bond donors (Lipinski definition) is 7. The van der Waals surface area contributed by atoms with Gasteiger partial charge in [0.15, 0.2) is 28.7 Å². The molecule has 0 unspecified atom stereocenters. The lowest BCUT2D eigenvalue weighted by atomic mass is 10.1. The number of aromatic hydroxyl groups is 5. The highest BCUT2D eigenvalue weighted by molar-refractivity contribution is 9.10. The third kappa shape index (κ3) is 4.44. The van der Waals surface area contributed by atoms with Gasteiger partial charge in [0.25, 0.3) is 0 Å². The standard InChI is InChI=1S/C17H15BrN2O5S/c18-11-2-8(3-12(21)15(11)24)1-10(6-19)17(26)20-7-9-4-13(22)16(25)14(23)5-9/h1-6,19,21-25H,7H2,(H,20,26)/b10-1+,19-6?. The van der Waals surface area contributed by atoms with Crippen molar-refractivity contribution in [2.24, 2.45) is 0 Å². The summed E-state index contributed by atoms with van der Waals surface area (Å²) in [4.78, 5) is 0.218. The summed E-state index contributed by atoms with van der Waals surface area (Å²) in [5, 5.41) is 57.9. The van der Waals surface area contributed by atoms with Crippen molar-refractivity contribution in [1.82, 2.24) is 5.32 Å². The second kappa shape index (κ2) is 8.07. The Balaban J connectivity index is 2.18. The third-order valence-electron chi connectivity index (χ3n) is 3.39. The van der Waals surface area contributed by atoms with Gasteiger partial charge in [-0.2, -0.15) is 0 Å². The maximum absolute atomic E-state index is 9.65. The lowest BCUT2D eigenvalue weighted by Crippen LogP contribution is -2.23. The molecule has 0 aliphatic rings. The summed E-state index contributed by atoms with van der Waals surface area (Å²) < 4.78 is 0.294. The van der Waals surface area contributed by atoms with E-state index in [9.17, 15) is 25.5 Å². The average molecular weight is 439 g/mol. The van der Waals surface area contributed by atoms with Crippen molar-refractivity contribution in [3.8, 4) is 28.7 Å². The summed E-state index contributed by atoms with van der Waals surface area (Å²) >= 11 is 8.34. The van der Waals surface area contributed by atoms with Crippen molar-refractivity contribution in [2.45, 2.75) is 6.54 Å². The van der Waals surface area contributed by atoms with Gasteiger partial charge in [0.05, 0.1) is 4.47 Å². The van der Waals surface area contributed by atoms with Crippen molar-refractivity contribution in [2.75, 3.05) is 0 Å². The highest BCUT2D eigenvalue weighted by Gasteiger charge is 2.10. The zero-order valence-electron chi connectivity index (χ0n) is 13.2. The number of benzene rings is 2. The molecule has 26 heavy (non-hydrogen) atoms. The van der Waals surface area contributed by atoms with Crippen LogP contribution in [0.2, 0.25) is 0 Å². The lowest BCUT2D eigenvalue weighted by molar-refractivity contribution is 0.367. The molecule has 0 bridgehead atoms. The fraction of sp³-hybridized carbons (Fsp3) is 0.0588. The molecule has 2 aromatic rings. The Morgan fingerprint density at radius 2 is 1.58 bits per heavy atom. The van der Waals surface area contributed by atoms with E-state index < -0.39 is 17.2 Å². The minimum atomic E-state index is -0.603. The smallest absolute Gasteiger partial charge is 0.200 e. The van der Waals surface area contributed by atoms with Gasteiger partial charge in [-0.1, -0.05) is 12.2 Å². The molecule has 0 saturated heterocycles. The van der Waals surface area contributed by atoms with Crippen molar-refractivity contribution in [1.29, 1.82) is 5.41 Å². The van der Waals surface area contributed by atoms with E-state index in [2.05, 4.69) is 21.2 Å². The molecule has 0 aliphatic heterocycles. The van der Waals surface area contributed by atoms with E-state index in [1.54, 1.807) is 6.07 Å². The Hall–Kier alpha value is -2.78. The molecule has 0 saturated carbocycles. The molecular formula is C17H15BrN2O5S. The minimum Gasteiger partial charge on any atom is -0.504 e. The van der Waals surface area contributed by atoms with Gasteiger partial charge in [0.2, 0.25) is 0 Å². The summed E-state index contributed by atoms with van der Waals surface area (Å²) in [5.41, 5.74) is 1.31. The second-order valence-corrected chi connectivity index (χ2v) is 6.54. The van der Waals surface area contributed by atoms with Crippen molar-refractivity contribution in [3.05, 3.63) is 45.4 Å². The largest absolute Gasteiger partial charge is 0.504 e. The Morgan fingerprint density at radius 3 is 2.12 bits per heavy atom. The molecule has 0 atom stereocenters. The lowest BCUT2D eigenvalue weighted by Gasteiger charge is -2.10. The summed E-state index contributed by atoms with van der Waals surface area (Å²) in [6, 6.07) is 5.42. The van der Waals surface area contributed by atoms with Gasteiger partial charge >= 0.3 is 0 Å². The third-order valence-corrected chi connectivity index (χ3v) is 4.37. The molecule has 136 valence electrons. The summed E-state index contributed by atoms with van der Waals surface area (Å²) in [6.45, 7) is 0.135. The SMILES string of the molecule is N=C/C(=C\c1cc(O)c(O)c(Br)c1)C(=S)NCc1cc(O)c(O)c(O)c1. The van der Waals surface area contributed by atoms with E-state index in [1.165, 1.54) is 24.3 Å². The Labute approximate surface area is 162 Å². The summed E-state index contributed by atoms with van der Waals surface area (Å²) in [6.07, 6.45) is 2.57. The predicted molar refractivity (Wildman–Crippen MR) is 105 cm³/mol. The second-order valence-electron chi connectivity index (χ2n) is 5.28. The Bertz CT molecular complexity index is 868. The Kier molecular flexibility index (Phi) is 6.06. The first-order chi connectivity index (χ1) is 12.2. The molecule has 7 nitrogen and oxygen atoms in total. The van der Waals surface area contributed by atoms with Crippen LogP contribution in [-0.4, -0.2) is 36.7 Å². The first-order valence-corrected chi connectivity index (χ1v) is 8.38. The molecule has 0 radical (unpaired) electrons. The number of halogens is 1. The van der Waals surface area contributed by atoms with Crippen LogP contribution in [-0.2, 0) is 6.54 Å². The molecule has 0 fully saturated rings. The average Bonchev–Trinajstić information content (AvgIpc) is 2.59. The monoisotopic (exact) mass is 438 g/mol. The van der Waals surface area contributed by atoms with Crippen molar-refractivity contribution < 1.29 is 25.5 Å². The summed E-state index contributed by atoms with van der Waals surface area (Å²) in [5.74, 6) is -2.12. The molecule has 0 heterocycles. The van der Waals surface area contributed by atoms with E-state index in [1.807, 2.05) is 0 Å². The van der Waals surface area contributed by atoms with E-state index in [0.717, 1.165) is 6.21 Å². The van der Waals surface area contributed by atoms with Crippen LogP contribution >= 0.6 is 28.1 Å². The van der Waals surface area contributed by atoms with E-state index >= 15 is 0 Å². The van der Waals surface area contributed by atoms with Crippen LogP contribution in [0.25, 0.3) is 6.08 Å². The van der Waals surface area contributed by atoms with Crippen molar-refractivity contribution in [3.63, 3.8) is 0 Å². The molecule has 0 aromatic heterocycles. The quantitative estimate of drug-likeness (QED) is 0.165. The number of nitrogens with one attached hydrogen (secondary N) is 2. The van der Waals surface area contributed by atoms with Gasteiger partial charge in [-0.05, 0) is 57.4 Å². The number of hydrogen-bond acceptors (Lipinski definition) is 7. The van der Waals surface area contributed by atoms with Crippen LogP contribution < -0.4 is 5.32 Å². The maximum Gasteiger partial charge on any atom is 0.200 e. The van der Waals surface area contributed by atoms with Gasteiger partial charge in [-0.3, -0.25) is 0 Å². The molecule has 0 amide bonds. The molecule has 2 aromatic carbocycles. The number of thiocarbonyl (C=S) groups is 1. The topological polar surface area (TPSA) is 137 Å². The van der Waals surface area contributed by atoms with E-state index in [0.29, 0.717) is 21.2 Å². The molecule has 0 aliphatic carbocycles. The predicted octanol–water partition coefficient (Wildman–Crippen LogP) is 3.13. The van der Waals surface area contributed by atoms with Crippen LogP contribution in [0.15, 0.2) is 34.3 Å². The van der Waals surface area contributed by atoms with Gasteiger partial charge in [0.1, 0.15) is 4.99 Å². The van der Waals surface area contributed by atoms with E-state index in [4.69, 9.17) is 17.6 Å². The molecular weight excluding hydrogens is 424 g/mol. The zero-order chi connectivity index (χ0) is 19.4. The summed E-state index contributed by atoms with van der Waals surface area (Å²) in [7, 11) is 0. The van der Waals surface area contributed by atoms with Gasteiger partial charge in [0, 0.05) is 18.3 Å². The van der Waals surface area contributed by atoms with Crippen LogP contribution in [0.4, 0.5) is 0 Å². The van der Waals surface area contributed by atoms with Crippen LogP contribution in [0.3, 0.4) is 0 Å². The van der Waals surface area contributed by atoms with Crippen molar-refractivity contribution >= 4 is 45.4 Å². The van der Waals surface area contributed by atoms with Crippen LogP contribution in [0.1, 0.15) is 11.1 Å². The zero-order valence-corrected chi connectivity index (χ0v) is 15.6. The minimum absolute atomic E-state index is 0.135. The maximum atomic E-state index is 9.65. The fourth-order valence-corrected chi connectivity index (χ4v) is 2.75. The number of rotatable bonds is 5. The van der Waals surface area contributed by atoms with Gasteiger partial charge in [-0.25, -0.2) is 0 Å². The normalized spacial score (nSPS) is 11.2. The molecule has 7 N–H and O–H groups in total.